The van der Waals surface area contributed by atoms with Crippen molar-refractivity contribution >= 4 is 35.9 Å². The van der Waals surface area contributed by atoms with E-state index in [2.05, 4.69) is 0 Å². The van der Waals surface area contributed by atoms with Gasteiger partial charge in [-0.15, -0.1) is 12.4 Å². The van der Waals surface area contributed by atoms with Crippen molar-refractivity contribution in [3.05, 3.63) is 24.3 Å². The molecule has 2 amide bonds. The van der Waals surface area contributed by atoms with Crippen LogP contribution in [0.5, 0.6) is 5.75 Å². The van der Waals surface area contributed by atoms with Gasteiger partial charge in [0, 0.05) is 26.1 Å². The molecule has 2 saturated heterocycles. The van der Waals surface area contributed by atoms with Gasteiger partial charge in [0.2, 0.25) is 11.8 Å². The molecule has 7 nitrogen and oxygen atoms in total. The molecule has 2 heterocycles. The number of amides is 2. The summed E-state index contributed by atoms with van der Waals surface area (Å²) in [5.41, 5.74) is 0.675. The maximum absolute atomic E-state index is 12.7. The standard InChI is InChI=1S/C18H22N2O5.ClH/c1-2-25-15-6-4-3-5-14(15)20-11-13(9-16(20)21)17(22)19-8-7-12(10-19)18(23)24;/h3-6,12-13H,2,7-11H2,1H3,(H,23,24);1H. The first kappa shape index (κ1) is 20.0. The van der Waals surface area contributed by atoms with Crippen LogP contribution >= 0.6 is 12.4 Å². The van der Waals surface area contributed by atoms with E-state index < -0.39 is 17.8 Å². The van der Waals surface area contributed by atoms with Crippen LogP contribution < -0.4 is 9.64 Å². The summed E-state index contributed by atoms with van der Waals surface area (Å²) in [6, 6.07) is 7.29. The van der Waals surface area contributed by atoms with Crippen LogP contribution in [0.1, 0.15) is 19.8 Å². The van der Waals surface area contributed by atoms with Gasteiger partial charge in [-0.3, -0.25) is 14.4 Å². The van der Waals surface area contributed by atoms with E-state index in [-0.39, 0.29) is 37.2 Å². The van der Waals surface area contributed by atoms with Crippen LogP contribution in [0.15, 0.2) is 24.3 Å². The lowest BCUT2D eigenvalue weighted by atomic mass is 10.1. The molecule has 2 fully saturated rings. The predicted octanol–water partition coefficient (Wildman–Crippen LogP) is 1.79. The largest absolute Gasteiger partial charge is 0.492 e. The van der Waals surface area contributed by atoms with E-state index >= 15 is 0 Å². The molecule has 0 aliphatic carbocycles. The lowest BCUT2D eigenvalue weighted by Crippen LogP contribution is -2.36. The summed E-state index contributed by atoms with van der Waals surface area (Å²) >= 11 is 0. The van der Waals surface area contributed by atoms with Crippen LogP contribution in [0.3, 0.4) is 0 Å². The van der Waals surface area contributed by atoms with E-state index in [1.54, 1.807) is 15.9 Å². The van der Waals surface area contributed by atoms with Crippen LogP contribution in [-0.2, 0) is 14.4 Å². The van der Waals surface area contributed by atoms with Gasteiger partial charge in [-0.2, -0.15) is 0 Å². The van der Waals surface area contributed by atoms with Gasteiger partial charge in [-0.25, -0.2) is 0 Å². The highest BCUT2D eigenvalue weighted by atomic mass is 35.5. The third-order valence-electron chi connectivity index (χ3n) is 4.78. The molecule has 142 valence electrons. The van der Waals surface area contributed by atoms with Crippen LogP contribution in [0.2, 0.25) is 0 Å². The number of hydrogen-bond acceptors (Lipinski definition) is 4. The average Bonchev–Trinajstić information content (AvgIpc) is 3.22. The van der Waals surface area contributed by atoms with Gasteiger partial charge in [0.25, 0.3) is 0 Å². The summed E-state index contributed by atoms with van der Waals surface area (Å²) in [4.78, 5) is 39.3. The van der Waals surface area contributed by atoms with Gasteiger partial charge in [-0.05, 0) is 25.5 Å². The fraction of sp³-hybridized carbons (Fsp3) is 0.500. The molecule has 0 bridgehead atoms. The van der Waals surface area contributed by atoms with Crippen LogP contribution in [0, 0.1) is 11.8 Å². The number of benzene rings is 1. The number of halogens is 1. The highest BCUT2D eigenvalue weighted by molar-refractivity contribution is 6.01. The second-order valence-electron chi connectivity index (χ2n) is 6.41. The number of carbonyl (C=O) groups is 3. The van der Waals surface area contributed by atoms with Crippen molar-refractivity contribution < 1.29 is 24.2 Å². The molecule has 0 radical (unpaired) electrons. The maximum Gasteiger partial charge on any atom is 0.308 e. The van der Waals surface area contributed by atoms with E-state index in [0.717, 1.165) is 0 Å². The third kappa shape index (κ3) is 3.93. The number of ether oxygens (including phenoxy) is 1. The Balaban J connectivity index is 0.00000243. The van der Waals surface area contributed by atoms with Gasteiger partial charge >= 0.3 is 5.97 Å². The van der Waals surface area contributed by atoms with Crippen molar-refractivity contribution in [2.45, 2.75) is 19.8 Å². The maximum atomic E-state index is 12.7. The minimum absolute atomic E-state index is 0. The quantitative estimate of drug-likeness (QED) is 0.838. The summed E-state index contributed by atoms with van der Waals surface area (Å²) in [5.74, 6) is -1.43. The number of para-hydroxylation sites is 2. The summed E-state index contributed by atoms with van der Waals surface area (Å²) < 4.78 is 5.58. The number of carboxylic acid groups (broad SMARTS) is 1. The topological polar surface area (TPSA) is 87.2 Å². The smallest absolute Gasteiger partial charge is 0.308 e. The Bertz CT molecular complexity index is 696. The molecule has 1 N–H and O–H groups in total. The van der Waals surface area contributed by atoms with E-state index in [1.807, 2.05) is 25.1 Å². The minimum atomic E-state index is -0.870. The minimum Gasteiger partial charge on any atom is -0.492 e. The van der Waals surface area contributed by atoms with Gasteiger partial charge in [0.15, 0.2) is 0 Å². The molecular formula is C18H23ClN2O5. The number of nitrogens with zero attached hydrogens (tertiary/aromatic N) is 2. The molecule has 1 aromatic rings. The SMILES string of the molecule is CCOc1ccccc1N1CC(C(=O)N2CCC(C(=O)O)C2)CC1=O.Cl. The third-order valence-corrected chi connectivity index (χ3v) is 4.78. The summed E-state index contributed by atoms with van der Waals surface area (Å²) in [6.07, 6.45) is 0.617. The summed E-state index contributed by atoms with van der Waals surface area (Å²) in [7, 11) is 0. The normalized spacial score (nSPS) is 22.3. The van der Waals surface area contributed by atoms with Gasteiger partial charge < -0.3 is 19.6 Å². The second-order valence-corrected chi connectivity index (χ2v) is 6.41. The van der Waals surface area contributed by atoms with E-state index in [9.17, 15) is 14.4 Å². The second kappa shape index (κ2) is 8.40. The van der Waals surface area contributed by atoms with Gasteiger partial charge in [0.05, 0.1) is 24.1 Å². The predicted molar refractivity (Wildman–Crippen MR) is 97.6 cm³/mol. The highest BCUT2D eigenvalue weighted by Crippen LogP contribution is 2.34. The molecule has 2 unspecified atom stereocenters. The molecule has 2 aliphatic rings. The molecular weight excluding hydrogens is 360 g/mol. The number of carbonyl (C=O) groups excluding carboxylic acids is 2. The Labute approximate surface area is 158 Å². The number of hydrogen-bond donors (Lipinski definition) is 1. The molecule has 2 aliphatic heterocycles. The van der Waals surface area contributed by atoms with Crippen molar-refractivity contribution in [2.24, 2.45) is 11.8 Å². The van der Waals surface area contributed by atoms with Crippen LogP contribution in [-0.4, -0.2) is 54.0 Å². The molecule has 3 rings (SSSR count). The molecule has 0 saturated carbocycles. The van der Waals surface area contributed by atoms with Crippen molar-refractivity contribution in [1.82, 2.24) is 4.90 Å². The van der Waals surface area contributed by atoms with Crippen molar-refractivity contribution in [3.63, 3.8) is 0 Å². The van der Waals surface area contributed by atoms with Gasteiger partial charge in [-0.1, -0.05) is 12.1 Å². The first-order chi connectivity index (χ1) is 12.0. The average molecular weight is 383 g/mol. The van der Waals surface area contributed by atoms with Crippen LogP contribution in [0.25, 0.3) is 0 Å². The molecule has 26 heavy (non-hydrogen) atoms. The monoisotopic (exact) mass is 382 g/mol. The Kier molecular flexibility index (Phi) is 6.47. The lowest BCUT2D eigenvalue weighted by molar-refractivity contribution is -0.141. The summed E-state index contributed by atoms with van der Waals surface area (Å²) in [6.45, 7) is 3.34. The number of carboxylic acids is 1. The van der Waals surface area contributed by atoms with Crippen LogP contribution in [0.4, 0.5) is 5.69 Å². The number of aliphatic carboxylic acids is 1. The Morgan fingerprint density at radius 3 is 2.62 bits per heavy atom. The number of anilines is 1. The highest BCUT2D eigenvalue weighted by Gasteiger charge is 2.40. The zero-order valence-corrected chi connectivity index (χ0v) is 15.4. The first-order valence-corrected chi connectivity index (χ1v) is 8.55. The Morgan fingerprint density at radius 2 is 1.96 bits per heavy atom. The molecule has 0 spiro atoms. The fourth-order valence-corrected chi connectivity index (χ4v) is 3.48. The summed E-state index contributed by atoms with van der Waals surface area (Å²) in [5, 5.41) is 9.08. The lowest BCUT2D eigenvalue weighted by Gasteiger charge is -2.22. The van der Waals surface area contributed by atoms with Crippen molar-refractivity contribution in [2.75, 3.05) is 31.1 Å². The van der Waals surface area contributed by atoms with Crippen molar-refractivity contribution in [3.8, 4) is 5.75 Å². The first-order valence-electron chi connectivity index (χ1n) is 8.55. The molecule has 8 heteroatoms. The van der Waals surface area contributed by atoms with Crippen molar-refractivity contribution in [1.29, 1.82) is 0 Å². The molecule has 0 aromatic heterocycles. The Morgan fingerprint density at radius 1 is 1.23 bits per heavy atom. The Hall–Kier alpha value is -2.28. The van der Waals surface area contributed by atoms with Gasteiger partial charge in [0.1, 0.15) is 5.75 Å². The fourth-order valence-electron chi connectivity index (χ4n) is 3.48. The zero-order chi connectivity index (χ0) is 18.0. The van der Waals surface area contributed by atoms with E-state index in [1.165, 1.54) is 0 Å². The molecule has 2 atom stereocenters. The number of rotatable bonds is 5. The van der Waals surface area contributed by atoms with E-state index in [0.29, 0.717) is 37.6 Å². The molecule has 1 aromatic carbocycles. The number of likely N-dealkylation sites (tertiary alicyclic amines) is 1. The van der Waals surface area contributed by atoms with E-state index in [4.69, 9.17) is 9.84 Å². The zero-order valence-electron chi connectivity index (χ0n) is 14.6.